The first-order chi connectivity index (χ1) is 9.78. The van der Waals surface area contributed by atoms with Crippen molar-refractivity contribution in [3.8, 4) is 0 Å². The van der Waals surface area contributed by atoms with Gasteiger partial charge in [0.05, 0.1) is 11.5 Å². The monoisotopic (exact) mass is 315 g/mol. The molecule has 1 atom stereocenters. The van der Waals surface area contributed by atoms with E-state index in [1.807, 2.05) is 37.7 Å². The topological polar surface area (TPSA) is 81.1 Å². The van der Waals surface area contributed by atoms with E-state index in [-0.39, 0.29) is 35.7 Å². The molecule has 0 aliphatic rings. The summed E-state index contributed by atoms with van der Waals surface area (Å²) in [7, 11) is -3.13. The zero-order chi connectivity index (χ0) is 15.9. The quantitative estimate of drug-likeness (QED) is 0.740. The van der Waals surface area contributed by atoms with Gasteiger partial charge in [-0.05, 0) is 17.9 Å². The van der Waals surface area contributed by atoms with E-state index in [4.69, 9.17) is 0 Å². The van der Waals surface area contributed by atoms with E-state index in [2.05, 4.69) is 10.4 Å². The van der Waals surface area contributed by atoms with E-state index in [0.717, 1.165) is 6.54 Å². The largest absolute Gasteiger partial charge is 0.356 e. The number of carbonyl (C=O) groups excluding carboxylic acids is 1. The van der Waals surface area contributed by atoms with Crippen molar-refractivity contribution < 1.29 is 13.2 Å². The lowest BCUT2D eigenvalue weighted by atomic mass is 10.2. The molecule has 0 saturated carbocycles. The maximum absolute atomic E-state index is 11.7. The summed E-state index contributed by atoms with van der Waals surface area (Å²) in [5.74, 6) is 0.170. The third kappa shape index (κ3) is 7.84. The van der Waals surface area contributed by atoms with Crippen molar-refractivity contribution in [2.45, 2.75) is 33.7 Å². The fourth-order valence-electron chi connectivity index (χ4n) is 2.01. The maximum Gasteiger partial charge on any atom is 0.221 e. The Morgan fingerprint density at radius 1 is 1.33 bits per heavy atom. The Hall–Kier alpha value is -1.37. The van der Waals surface area contributed by atoms with Gasteiger partial charge in [-0.1, -0.05) is 20.8 Å². The van der Waals surface area contributed by atoms with Crippen LogP contribution in [0.15, 0.2) is 18.5 Å². The minimum atomic E-state index is -3.13. The summed E-state index contributed by atoms with van der Waals surface area (Å²) in [5.41, 5.74) is 0. The van der Waals surface area contributed by atoms with Crippen LogP contribution in [0.2, 0.25) is 0 Å². The van der Waals surface area contributed by atoms with Crippen LogP contribution in [-0.4, -0.2) is 42.2 Å². The molecule has 0 spiro atoms. The number of hydrogen-bond acceptors (Lipinski definition) is 4. The van der Waals surface area contributed by atoms with Crippen LogP contribution in [0.25, 0.3) is 0 Å². The average Bonchev–Trinajstić information content (AvgIpc) is 2.85. The van der Waals surface area contributed by atoms with Crippen molar-refractivity contribution in [3.05, 3.63) is 18.5 Å². The number of rotatable bonds is 9. The summed E-state index contributed by atoms with van der Waals surface area (Å²) in [5, 5.41) is 6.88. The molecule has 0 aliphatic heterocycles. The maximum atomic E-state index is 11.7. The SMILES string of the molecule is CC(C)CS(=O)(=O)CCC(=O)NC[C@@H](C)Cn1cccn1. The van der Waals surface area contributed by atoms with Gasteiger partial charge in [-0.15, -0.1) is 0 Å². The highest BCUT2D eigenvalue weighted by Crippen LogP contribution is 2.03. The van der Waals surface area contributed by atoms with Gasteiger partial charge >= 0.3 is 0 Å². The molecule has 0 saturated heterocycles. The molecule has 0 radical (unpaired) electrons. The van der Waals surface area contributed by atoms with Crippen LogP contribution in [0.3, 0.4) is 0 Å². The smallest absolute Gasteiger partial charge is 0.221 e. The minimum Gasteiger partial charge on any atom is -0.356 e. The molecule has 0 bridgehead atoms. The number of sulfone groups is 1. The third-order valence-electron chi connectivity index (χ3n) is 2.93. The van der Waals surface area contributed by atoms with Gasteiger partial charge < -0.3 is 5.32 Å². The van der Waals surface area contributed by atoms with Crippen LogP contribution in [0.4, 0.5) is 0 Å². The van der Waals surface area contributed by atoms with Crippen LogP contribution in [0, 0.1) is 11.8 Å². The normalized spacial score (nSPS) is 13.3. The summed E-state index contributed by atoms with van der Waals surface area (Å²) in [6.07, 6.45) is 3.62. The zero-order valence-corrected chi connectivity index (χ0v) is 13.8. The van der Waals surface area contributed by atoms with E-state index < -0.39 is 9.84 Å². The number of hydrogen-bond donors (Lipinski definition) is 1. The lowest BCUT2D eigenvalue weighted by Crippen LogP contribution is -2.31. The molecule has 0 aromatic carbocycles. The molecule has 0 unspecified atom stereocenters. The van der Waals surface area contributed by atoms with Crippen molar-refractivity contribution in [3.63, 3.8) is 0 Å². The Morgan fingerprint density at radius 3 is 2.62 bits per heavy atom. The molecule has 0 aliphatic carbocycles. The molecule has 1 aromatic heterocycles. The van der Waals surface area contributed by atoms with Crippen molar-refractivity contribution in [2.24, 2.45) is 11.8 Å². The molecule has 1 amide bonds. The summed E-state index contributed by atoms with van der Waals surface area (Å²) in [6, 6.07) is 1.85. The molecule has 6 nitrogen and oxygen atoms in total. The molecule has 1 N–H and O–H groups in total. The molecule has 7 heteroatoms. The first-order valence-electron chi connectivity index (χ1n) is 7.23. The lowest BCUT2D eigenvalue weighted by Gasteiger charge is -2.13. The Bertz CT molecular complexity index is 524. The van der Waals surface area contributed by atoms with Gasteiger partial charge in [0.15, 0.2) is 9.84 Å². The number of nitrogens with zero attached hydrogens (tertiary/aromatic N) is 2. The van der Waals surface area contributed by atoms with Gasteiger partial charge in [-0.25, -0.2) is 8.42 Å². The van der Waals surface area contributed by atoms with E-state index in [1.54, 1.807) is 6.20 Å². The molecule has 1 heterocycles. The molecule has 0 fully saturated rings. The van der Waals surface area contributed by atoms with Crippen molar-refractivity contribution in [1.29, 1.82) is 0 Å². The van der Waals surface area contributed by atoms with Crippen LogP contribution in [0.5, 0.6) is 0 Å². The summed E-state index contributed by atoms with van der Waals surface area (Å²) >= 11 is 0. The van der Waals surface area contributed by atoms with Gasteiger partial charge in [-0.2, -0.15) is 5.10 Å². The van der Waals surface area contributed by atoms with Crippen LogP contribution in [0.1, 0.15) is 27.2 Å². The predicted molar refractivity (Wildman–Crippen MR) is 82.5 cm³/mol. The second-order valence-corrected chi connectivity index (χ2v) is 8.12. The molecule has 21 heavy (non-hydrogen) atoms. The van der Waals surface area contributed by atoms with E-state index in [0.29, 0.717) is 6.54 Å². The first-order valence-corrected chi connectivity index (χ1v) is 9.05. The fourth-order valence-corrected chi connectivity index (χ4v) is 3.69. The Labute approximate surface area is 126 Å². The molecule has 1 aromatic rings. The average molecular weight is 315 g/mol. The fraction of sp³-hybridized carbons (Fsp3) is 0.714. The second-order valence-electron chi connectivity index (χ2n) is 5.90. The number of carbonyl (C=O) groups is 1. The van der Waals surface area contributed by atoms with Gasteiger partial charge in [0.2, 0.25) is 5.91 Å². The summed E-state index contributed by atoms with van der Waals surface area (Å²) in [4.78, 5) is 11.7. The highest BCUT2D eigenvalue weighted by molar-refractivity contribution is 7.91. The van der Waals surface area contributed by atoms with Gasteiger partial charge in [0.1, 0.15) is 0 Å². The van der Waals surface area contributed by atoms with E-state index in [1.165, 1.54) is 0 Å². The summed E-state index contributed by atoms with van der Waals surface area (Å²) < 4.78 is 25.2. The Kier molecular flexibility index (Phi) is 6.87. The Balaban J connectivity index is 2.25. The van der Waals surface area contributed by atoms with Crippen molar-refractivity contribution in [1.82, 2.24) is 15.1 Å². The molecule has 120 valence electrons. The first kappa shape index (κ1) is 17.7. The van der Waals surface area contributed by atoms with Gasteiger partial charge in [-0.3, -0.25) is 9.48 Å². The van der Waals surface area contributed by atoms with Gasteiger partial charge in [0, 0.05) is 31.9 Å². The van der Waals surface area contributed by atoms with Crippen molar-refractivity contribution >= 4 is 15.7 Å². The van der Waals surface area contributed by atoms with Crippen LogP contribution in [-0.2, 0) is 21.2 Å². The van der Waals surface area contributed by atoms with E-state index >= 15 is 0 Å². The predicted octanol–water partition coefficient (Wildman–Crippen LogP) is 1.10. The van der Waals surface area contributed by atoms with Crippen LogP contribution >= 0.6 is 0 Å². The second kappa shape index (κ2) is 8.17. The number of nitrogens with one attached hydrogen (secondary N) is 1. The molecular formula is C14H25N3O3S. The number of aromatic nitrogens is 2. The number of amides is 1. The summed E-state index contributed by atoms with van der Waals surface area (Å²) in [6.45, 7) is 6.96. The van der Waals surface area contributed by atoms with Gasteiger partial charge in [0.25, 0.3) is 0 Å². The molecule has 1 rings (SSSR count). The van der Waals surface area contributed by atoms with Crippen LogP contribution < -0.4 is 5.32 Å². The third-order valence-corrected chi connectivity index (χ3v) is 4.93. The van der Waals surface area contributed by atoms with Crippen molar-refractivity contribution in [2.75, 3.05) is 18.1 Å². The zero-order valence-electron chi connectivity index (χ0n) is 12.9. The highest BCUT2D eigenvalue weighted by Gasteiger charge is 2.15. The standard InChI is InChI=1S/C14H25N3O3S/c1-12(2)11-21(19,20)8-5-14(18)15-9-13(3)10-17-7-4-6-16-17/h4,6-7,12-13H,5,8-11H2,1-3H3,(H,15,18)/t13-/m1/s1. The minimum absolute atomic E-state index is 0.0313. The van der Waals surface area contributed by atoms with E-state index in [9.17, 15) is 13.2 Å². The highest BCUT2D eigenvalue weighted by atomic mass is 32.2. The molecular weight excluding hydrogens is 290 g/mol. The lowest BCUT2D eigenvalue weighted by molar-refractivity contribution is -0.120. The Morgan fingerprint density at radius 2 is 2.05 bits per heavy atom.